The first-order valence-corrected chi connectivity index (χ1v) is 7.02. The van der Waals surface area contributed by atoms with Crippen LogP contribution in [-0.4, -0.2) is 37.9 Å². The van der Waals surface area contributed by atoms with E-state index in [9.17, 15) is 9.35 Å². The fraction of sp³-hybridized carbons (Fsp3) is 0.900. The number of unbranched alkanes of at least 4 members (excludes halogenated alkanes) is 1. The maximum Gasteiger partial charge on any atom is 0.412 e. The lowest BCUT2D eigenvalue weighted by molar-refractivity contribution is 0.0908. The van der Waals surface area contributed by atoms with Gasteiger partial charge in [-0.15, -0.1) is 0 Å². The maximum atomic E-state index is 12.1. The molecule has 2 atom stereocenters. The predicted molar refractivity (Wildman–Crippen MR) is 63.4 cm³/mol. The van der Waals surface area contributed by atoms with Crippen molar-refractivity contribution in [3.63, 3.8) is 0 Å². The Morgan fingerprint density at radius 2 is 2.31 bits per heavy atom. The van der Waals surface area contributed by atoms with Crippen molar-refractivity contribution in [3.8, 4) is 0 Å². The van der Waals surface area contributed by atoms with Crippen molar-refractivity contribution in [2.24, 2.45) is 5.73 Å². The molecule has 1 heterocycles. The molecular formula is C10H20N2O3S. The first kappa shape index (κ1) is 13.6. The van der Waals surface area contributed by atoms with E-state index in [0.717, 1.165) is 30.6 Å². The Bertz CT molecular complexity index is 252. The highest BCUT2D eigenvalue weighted by Crippen LogP contribution is 2.29. The standard InChI is InChI=1S/C10H20N2O3S/c1-2-3-8-16(15)10(11)6-4-5-7-12(10)9(13)14/h2-8,11H2,1H3,(H,13,14). The van der Waals surface area contributed by atoms with Crippen molar-refractivity contribution < 1.29 is 14.5 Å². The SMILES string of the molecule is CCCC[S+]([O-])C1(N)CCCCN1C(=O)O. The first-order chi connectivity index (χ1) is 7.52. The second-order valence-electron chi connectivity index (χ2n) is 4.14. The van der Waals surface area contributed by atoms with Gasteiger partial charge in [0.15, 0.2) is 0 Å². The Labute approximate surface area is 99.2 Å². The average molecular weight is 248 g/mol. The molecule has 0 spiro atoms. The Hall–Kier alpha value is -0.460. The number of piperidine rings is 1. The van der Waals surface area contributed by atoms with Gasteiger partial charge in [0.25, 0.3) is 4.99 Å². The molecule has 1 amide bonds. The summed E-state index contributed by atoms with van der Waals surface area (Å²) in [6, 6.07) is 0. The van der Waals surface area contributed by atoms with Crippen LogP contribution >= 0.6 is 0 Å². The van der Waals surface area contributed by atoms with Gasteiger partial charge in [0.05, 0.1) is 0 Å². The summed E-state index contributed by atoms with van der Waals surface area (Å²) in [6.45, 7) is 2.40. The molecule has 1 aliphatic heterocycles. The summed E-state index contributed by atoms with van der Waals surface area (Å²) in [5.41, 5.74) is 6.03. The molecule has 0 aromatic carbocycles. The number of nitrogens with two attached hydrogens (primary N) is 1. The number of carboxylic acid groups (broad SMARTS) is 1. The molecule has 3 N–H and O–H groups in total. The monoisotopic (exact) mass is 248 g/mol. The summed E-state index contributed by atoms with van der Waals surface area (Å²) in [5.74, 6) is 0.483. The molecule has 0 bridgehead atoms. The van der Waals surface area contributed by atoms with E-state index in [4.69, 9.17) is 10.8 Å². The number of likely N-dealkylation sites (tertiary alicyclic amines) is 1. The molecule has 1 aliphatic rings. The Morgan fingerprint density at radius 3 is 2.88 bits per heavy atom. The van der Waals surface area contributed by atoms with E-state index in [-0.39, 0.29) is 0 Å². The molecule has 0 saturated carbocycles. The smallest absolute Gasteiger partial charge is 0.412 e. The molecule has 2 unspecified atom stereocenters. The van der Waals surface area contributed by atoms with Gasteiger partial charge in [0, 0.05) is 13.0 Å². The third kappa shape index (κ3) is 2.81. The van der Waals surface area contributed by atoms with E-state index in [1.165, 1.54) is 0 Å². The zero-order valence-electron chi connectivity index (χ0n) is 9.65. The third-order valence-corrected chi connectivity index (χ3v) is 4.80. The van der Waals surface area contributed by atoms with Crippen molar-refractivity contribution in [3.05, 3.63) is 0 Å². The highest BCUT2D eigenvalue weighted by molar-refractivity contribution is 7.92. The van der Waals surface area contributed by atoms with Gasteiger partial charge in [-0.05, 0) is 30.4 Å². The van der Waals surface area contributed by atoms with Gasteiger partial charge in [-0.25, -0.2) is 9.69 Å². The topological polar surface area (TPSA) is 89.6 Å². The molecule has 0 aliphatic carbocycles. The minimum absolute atomic E-state index is 0.393. The van der Waals surface area contributed by atoms with Crippen molar-refractivity contribution in [1.82, 2.24) is 4.90 Å². The van der Waals surface area contributed by atoms with Gasteiger partial charge in [-0.3, -0.25) is 5.73 Å². The fourth-order valence-corrected chi connectivity index (χ4v) is 3.61. The molecule has 0 radical (unpaired) electrons. The molecule has 16 heavy (non-hydrogen) atoms. The predicted octanol–water partition coefficient (Wildman–Crippen LogP) is 1.31. The summed E-state index contributed by atoms with van der Waals surface area (Å²) in [5, 5.41) is 9.06. The highest BCUT2D eigenvalue weighted by atomic mass is 32.2. The average Bonchev–Trinajstić information content (AvgIpc) is 2.25. The van der Waals surface area contributed by atoms with Gasteiger partial charge in [0.1, 0.15) is 5.75 Å². The van der Waals surface area contributed by atoms with E-state index in [0.29, 0.717) is 18.7 Å². The van der Waals surface area contributed by atoms with E-state index < -0.39 is 22.3 Å². The maximum absolute atomic E-state index is 12.1. The molecule has 1 fully saturated rings. The lowest BCUT2D eigenvalue weighted by Crippen LogP contribution is -2.65. The number of hydrogen-bond donors (Lipinski definition) is 2. The fourth-order valence-electron chi connectivity index (χ4n) is 1.92. The van der Waals surface area contributed by atoms with E-state index in [1.54, 1.807) is 0 Å². The van der Waals surface area contributed by atoms with Crippen LogP contribution in [0.5, 0.6) is 0 Å². The van der Waals surface area contributed by atoms with Gasteiger partial charge in [-0.2, -0.15) is 0 Å². The van der Waals surface area contributed by atoms with Crippen LogP contribution in [0, 0.1) is 0 Å². The number of hydrogen-bond acceptors (Lipinski definition) is 3. The summed E-state index contributed by atoms with van der Waals surface area (Å²) in [6.07, 6.45) is 2.84. The normalized spacial score (nSPS) is 27.8. The minimum atomic E-state index is -1.30. The van der Waals surface area contributed by atoms with Gasteiger partial charge in [-0.1, -0.05) is 13.3 Å². The molecule has 0 aromatic rings. The number of carbonyl (C=O) groups is 1. The van der Waals surface area contributed by atoms with Gasteiger partial charge < -0.3 is 9.66 Å². The molecular weight excluding hydrogens is 228 g/mol. The largest absolute Gasteiger partial charge is 0.613 e. The molecule has 0 aromatic heterocycles. The molecule has 6 heteroatoms. The quantitative estimate of drug-likeness (QED) is 0.734. The lowest BCUT2D eigenvalue weighted by Gasteiger charge is -2.42. The van der Waals surface area contributed by atoms with Crippen LogP contribution in [0.4, 0.5) is 4.79 Å². The zero-order chi connectivity index (χ0) is 12.2. The first-order valence-electron chi connectivity index (χ1n) is 5.70. The van der Waals surface area contributed by atoms with Crippen LogP contribution in [-0.2, 0) is 11.2 Å². The number of nitrogens with zero attached hydrogens (tertiary/aromatic N) is 1. The number of amides is 1. The van der Waals surface area contributed by atoms with Crippen molar-refractivity contribution in [2.75, 3.05) is 12.3 Å². The molecule has 1 saturated heterocycles. The van der Waals surface area contributed by atoms with Crippen LogP contribution in [0.15, 0.2) is 0 Å². The zero-order valence-corrected chi connectivity index (χ0v) is 10.5. The third-order valence-electron chi connectivity index (χ3n) is 2.93. The second kappa shape index (κ2) is 5.75. The van der Waals surface area contributed by atoms with Crippen molar-refractivity contribution in [2.45, 2.75) is 44.0 Å². The van der Waals surface area contributed by atoms with E-state index in [1.807, 2.05) is 6.92 Å². The lowest BCUT2D eigenvalue weighted by atomic mass is 10.1. The van der Waals surface area contributed by atoms with Crippen molar-refractivity contribution in [1.29, 1.82) is 0 Å². The minimum Gasteiger partial charge on any atom is -0.613 e. The van der Waals surface area contributed by atoms with Gasteiger partial charge >= 0.3 is 6.09 Å². The van der Waals surface area contributed by atoms with Crippen LogP contribution in [0.1, 0.15) is 39.0 Å². The summed E-state index contributed by atoms with van der Waals surface area (Å²) >= 11 is -1.30. The van der Waals surface area contributed by atoms with Crippen LogP contribution in [0.2, 0.25) is 0 Å². The Kier molecular flexibility index (Phi) is 4.89. The van der Waals surface area contributed by atoms with E-state index >= 15 is 0 Å². The Morgan fingerprint density at radius 1 is 1.62 bits per heavy atom. The summed E-state index contributed by atoms with van der Waals surface area (Å²) < 4.78 is 12.1. The highest BCUT2D eigenvalue weighted by Gasteiger charge is 2.48. The summed E-state index contributed by atoms with van der Waals surface area (Å²) in [4.78, 5) is 11.0. The van der Waals surface area contributed by atoms with Gasteiger partial charge in [0.2, 0.25) is 0 Å². The molecule has 5 nitrogen and oxygen atoms in total. The number of rotatable bonds is 4. The van der Waals surface area contributed by atoms with Crippen LogP contribution in [0.3, 0.4) is 0 Å². The van der Waals surface area contributed by atoms with Crippen LogP contribution < -0.4 is 5.73 Å². The summed E-state index contributed by atoms with van der Waals surface area (Å²) in [7, 11) is 0. The van der Waals surface area contributed by atoms with E-state index in [2.05, 4.69) is 0 Å². The Balaban J connectivity index is 2.72. The van der Waals surface area contributed by atoms with Crippen molar-refractivity contribution >= 4 is 17.3 Å². The second-order valence-corrected chi connectivity index (χ2v) is 5.95. The molecule has 1 rings (SSSR count). The van der Waals surface area contributed by atoms with Crippen LogP contribution in [0.25, 0.3) is 0 Å². The molecule has 94 valence electrons.